The van der Waals surface area contributed by atoms with E-state index in [1.54, 1.807) is 18.2 Å². The maximum absolute atomic E-state index is 14.0. The lowest BCUT2D eigenvalue weighted by molar-refractivity contribution is -0.141. The van der Waals surface area contributed by atoms with Crippen molar-refractivity contribution in [2.75, 3.05) is 5.32 Å². The molecular formula is C17H15F4N3O. The lowest BCUT2D eigenvalue weighted by Gasteiger charge is -2.09. The summed E-state index contributed by atoms with van der Waals surface area (Å²) in [5.41, 5.74) is -2.08. The van der Waals surface area contributed by atoms with Crippen LogP contribution < -0.4 is 5.32 Å². The van der Waals surface area contributed by atoms with E-state index < -0.39 is 29.3 Å². The standard InChI is InChI=1S/C17H15F4N3O/c1-3-4-5-8-11-9-6-7-10-12(11)22-16(25)13-14(17(19,20)21)23-24(2)15(13)18/h6-7,9-10H,3-4H2,1-2H3,(H,22,25). The van der Waals surface area contributed by atoms with Crippen molar-refractivity contribution in [3.05, 3.63) is 47.0 Å². The molecule has 0 spiro atoms. The zero-order valence-corrected chi connectivity index (χ0v) is 13.5. The molecule has 0 bridgehead atoms. The van der Waals surface area contributed by atoms with Gasteiger partial charge in [-0.2, -0.15) is 22.7 Å². The molecule has 0 aliphatic rings. The van der Waals surface area contributed by atoms with E-state index >= 15 is 0 Å². The third kappa shape index (κ3) is 4.18. The molecule has 0 aliphatic carbocycles. The monoisotopic (exact) mass is 353 g/mol. The normalized spacial score (nSPS) is 11.0. The molecule has 1 amide bonds. The molecule has 2 aromatic rings. The number of halogens is 4. The van der Waals surface area contributed by atoms with Gasteiger partial charge in [0.1, 0.15) is 5.56 Å². The van der Waals surface area contributed by atoms with E-state index in [9.17, 15) is 22.4 Å². The number of rotatable bonds is 3. The Balaban J connectivity index is 2.38. The highest BCUT2D eigenvalue weighted by Gasteiger charge is 2.41. The third-order valence-electron chi connectivity index (χ3n) is 3.25. The van der Waals surface area contributed by atoms with Gasteiger partial charge >= 0.3 is 6.18 Å². The maximum Gasteiger partial charge on any atom is 0.436 e. The van der Waals surface area contributed by atoms with Crippen LogP contribution in [0.2, 0.25) is 0 Å². The van der Waals surface area contributed by atoms with Gasteiger partial charge in [-0.25, -0.2) is 4.68 Å². The van der Waals surface area contributed by atoms with Crippen LogP contribution in [-0.2, 0) is 13.2 Å². The summed E-state index contributed by atoms with van der Waals surface area (Å²) < 4.78 is 53.3. The Morgan fingerprint density at radius 1 is 1.32 bits per heavy atom. The smallest absolute Gasteiger partial charge is 0.321 e. The molecule has 0 fully saturated rings. The van der Waals surface area contributed by atoms with Crippen molar-refractivity contribution in [1.29, 1.82) is 0 Å². The van der Waals surface area contributed by atoms with Crippen molar-refractivity contribution in [3.63, 3.8) is 0 Å². The van der Waals surface area contributed by atoms with Gasteiger partial charge in [-0.15, -0.1) is 0 Å². The number of anilines is 1. The topological polar surface area (TPSA) is 46.9 Å². The van der Waals surface area contributed by atoms with Crippen LogP contribution in [0.4, 0.5) is 23.2 Å². The lowest BCUT2D eigenvalue weighted by atomic mass is 10.1. The van der Waals surface area contributed by atoms with E-state index in [4.69, 9.17) is 0 Å². The minimum atomic E-state index is -4.95. The Morgan fingerprint density at radius 3 is 2.64 bits per heavy atom. The molecule has 25 heavy (non-hydrogen) atoms. The van der Waals surface area contributed by atoms with Crippen LogP contribution in [0.25, 0.3) is 0 Å². The summed E-state index contributed by atoms with van der Waals surface area (Å²) in [5, 5.41) is 5.34. The molecule has 0 atom stereocenters. The number of carbonyl (C=O) groups excluding carboxylic acids is 1. The number of hydrogen-bond acceptors (Lipinski definition) is 2. The molecule has 1 aromatic carbocycles. The van der Waals surface area contributed by atoms with Crippen LogP contribution in [-0.4, -0.2) is 15.7 Å². The molecular weight excluding hydrogens is 338 g/mol. The van der Waals surface area contributed by atoms with Gasteiger partial charge < -0.3 is 5.32 Å². The van der Waals surface area contributed by atoms with Gasteiger partial charge in [-0.3, -0.25) is 4.79 Å². The van der Waals surface area contributed by atoms with E-state index in [-0.39, 0.29) is 5.69 Å². The molecule has 8 heteroatoms. The number of carbonyl (C=O) groups is 1. The number of para-hydroxylation sites is 1. The van der Waals surface area contributed by atoms with E-state index in [2.05, 4.69) is 22.3 Å². The van der Waals surface area contributed by atoms with Crippen LogP contribution in [0.15, 0.2) is 24.3 Å². The van der Waals surface area contributed by atoms with Crippen LogP contribution in [0.1, 0.15) is 41.4 Å². The Hall–Kier alpha value is -2.82. The summed E-state index contributed by atoms with van der Waals surface area (Å²) in [6, 6.07) is 6.36. The van der Waals surface area contributed by atoms with Crippen LogP contribution >= 0.6 is 0 Å². The van der Waals surface area contributed by atoms with Crippen LogP contribution in [0.3, 0.4) is 0 Å². The second-order valence-corrected chi connectivity index (χ2v) is 5.19. The molecule has 0 aliphatic heterocycles. The first kappa shape index (κ1) is 18.5. The van der Waals surface area contributed by atoms with Gasteiger partial charge in [0.2, 0.25) is 5.95 Å². The molecule has 0 saturated heterocycles. The molecule has 0 unspecified atom stereocenters. The predicted octanol–water partition coefficient (Wildman–Crippen LogP) is 3.98. The number of nitrogens with one attached hydrogen (secondary N) is 1. The SMILES string of the molecule is CCCC#Cc1ccccc1NC(=O)c1c(C(F)(F)F)nn(C)c1F. The number of alkyl halides is 3. The zero-order chi connectivity index (χ0) is 18.6. The van der Waals surface area contributed by atoms with E-state index in [0.29, 0.717) is 16.7 Å². The number of nitrogens with zero attached hydrogens (tertiary/aromatic N) is 2. The second-order valence-electron chi connectivity index (χ2n) is 5.19. The number of benzene rings is 1. The van der Waals surface area contributed by atoms with Gasteiger partial charge in [-0.05, 0) is 18.6 Å². The van der Waals surface area contributed by atoms with Crippen molar-refractivity contribution in [1.82, 2.24) is 9.78 Å². The average molecular weight is 353 g/mol. The van der Waals surface area contributed by atoms with Gasteiger partial charge in [0, 0.05) is 19.0 Å². The molecule has 0 saturated carbocycles. The minimum Gasteiger partial charge on any atom is -0.321 e. The van der Waals surface area contributed by atoms with Gasteiger partial charge in [0.15, 0.2) is 5.69 Å². The lowest BCUT2D eigenvalue weighted by Crippen LogP contribution is -2.19. The summed E-state index contributed by atoms with van der Waals surface area (Å²) in [7, 11) is 0.992. The molecule has 1 N–H and O–H groups in total. The zero-order valence-electron chi connectivity index (χ0n) is 13.5. The van der Waals surface area contributed by atoms with Gasteiger partial charge in [0.05, 0.1) is 5.69 Å². The van der Waals surface area contributed by atoms with Crippen LogP contribution in [0, 0.1) is 17.8 Å². The summed E-state index contributed by atoms with van der Waals surface area (Å²) in [6.07, 6.45) is -3.47. The fourth-order valence-electron chi connectivity index (χ4n) is 2.07. The van der Waals surface area contributed by atoms with Crippen molar-refractivity contribution in [2.24, 2.45) is 7.05 Å². The number of aromatic nitrogens is 2. The van der Waals surface area contributed by atoms with Crippen molar-refractivity contribution in [2.45, 2.75) is 25.9 Å². The van der Waals surface area contributed by atoms with E-state index in [0.717, 1.165) is 13.5 Å². The summed E-state index contributed by atoms with van der Waals surface area (Å²) >= 11 is 0. The Labute approximate surface area is 141 Å². The predicted molar refractivity (Wildman–Crippen MR) is 84.3 cm³/mol. The Bertz CT molecular complexity index is 844. The number of aryl methyl sites for hydroxylation is 1. The third-order valence-corrected chi connectivity index (χ3v) is 3.25. The first-order chi connectivity index (χ1) is 11.8. The molecule has 1 heterocycles. The average Bonchev–Trinajstić information content (AvgIpc) is 2.85. The number of unbranched alkanes of at least 4 members (excludes halogenated alkanes) is 1. The van der Waals surface area contributed by atoms with E-state index in [1.165, 1.54) is 6.07 Å². The quantitative estimate of drug-likeness (QED) is 0.670. The minimum absolute atomic E-state index is 0.201. The molecule has 0 radical (unpaired) electrons. The largest absolute Gasteiger partial charge is 0.436 e. The Morgan fingerprint density at radius 2 is 2.00 bits per heavy atom. The number of hydrogen-bond donors (Lipinski definition) is 1. The maximum atomic E-state index is 14.0. The van der Waals surface area contributed by atoms with E-state index in [1.807, 2.05) is 6.92 Å². The second kappa shape index (κ2) is 7.38. The van der Waals surface area contributed by atoms with Crippen molar-refractivity contribution in [3.8, 4) is 11.8 Å². The fraction of sp³-hybridized carbons (Fsp3) is 0.294. The Kier molecular flexibility index (Phi) is 5.47. The first-order valence-electron chi connectivity index (χ1n) is 7.44. The summed E-state index contributed by atoms with van der Waals surface area (Å²) in [4.78, 5) is 12.2. The van der Waals surface area contributed by atoms with Crippen LogP contribution in [0.5, 0.6) is 0 Å². The molecule has 2 rings (SSSR count). The van der Waals surface area contributed by atoms with Crippen molar-refractivity contribution < 1.29 is 22.4 Å². The number of amides is 1. The molecule has 132 valence electrons. The van der Waals surface area contributed by atoms with Crippen molar-refractivity contribution >= 4 is 11.6 Å². The first-order valence-corrected chi connectivity index (χ1v) is 7.44. The van der Waals surface area contributed by atoms with Gasteiger partial charge in [0.25, 0.3) is 5.91 Å². The summed E-state index contributed by atoms with van der Waals surface area (Å²) in [6.45, 7) is 1.95. The highest BCUT2D eigenvalue weighted by molar-refractivity contribution is 6.05. The fourth-order valence-corrected chi connectivity index (χ4v) is 2.07. The highest BCUT2D eigenvalue weighted by Crippen LogP contribution is 2.32. The van der Waals surface area contributed by atoms with Gasteiger partial charge in [-0.1, -0.05) is 30.9 Å². The molecule has 1 aromatic heterocycles. The summed E-state index contributed by atoms with van der Waals surface area (Å²) in [5.74, 6) is 3.12. The molecule has 4 nitrogen and oxygen atoms in total. The highest BCUT2D eigenvalue weighted by atomic mass is 19.4.